The van der Waals surface area contributed by atoms with Crippen molar-refractivity contribution in [2.24, 2.45) is 0 Å². The molecular formula is C21H26N2O4S. The van der Waals surface area contributed by atoms with Gasteiger partial charge in [0.1, 0.15) is 18.1 Å². The predicted molar refractivity (Wildman–Crippen MR) is 112 cm³/mol. The van der Waals surface area contributed by atoms with Crippen molar-refractivity contribution in [1.29, 1.82) is 0 Å². The van der Waals surface area contributed by atoms with Crippen LogP contribution in [0.25, 0.3) is 0 Å². The van der Waals surface area contributed by atoms with Gasteiger partial charge in [-0.05, 0) is 55.5 Å². The normalized spacial score (nSPS) is 11.4. The smallest absolute Gasteiger partial charge is 0.235 e. The molecule has 1 atom stereocenters. The number of thioether (sulfide) groups is 1. The van der Waals surface area contributed by atoms with Crippen LogP contribution in [0.5, 0.6) is 11.5 Å². The first-order valence-corrected chi connectivity index (χ1v) is 9.83. The van der Waals surface area contributed by atoms with E-state index in [0.717, 1.165) is 22.1 Å². The van der Waals surface area contributed by atoms with Crippen molar-refractivity contribution in [1.82, 2.24) is 4.90 Å². The second kappa shape index (κ2) is 10.6. The quantitative estimate of drug-likeness (QED) is 0.648. The van der Waals surface area contributed by atoms with Crippen LogP contribution >= 0.6 is 11.8 Å². The maximum atomic E-state index is 12.6. The molecule has 2 amide bonds. The van der Waals surface area contributed by atoms with Gasteiger partial charge in [-0.2, -0.15) is 0 Å². The lowest BCUT2D eigenvalue weighted by atomic mass is 10.3. The Bertz CT molecular complexity index is 778. The van der Waals surface area contributed by atoms with E-state index in [-0.39, 0.29) is 17.1 Å². The number of amides is 2. The van der Waals surface area contributed by atoms with Gasteiger partial charge in [-0.15, -0.1) is 11.8 Å². The van der Waals surface area contributed by atoms with E-state index in [9.17, 15) is 9.59 Å². The van der Waals surface area contributed by atoms with E-state index in [1.54, 1.807) is 19.1 Å². The highest BCUT2D eigenvalue weighted by Gasteiger charge is 2.18. The van der Waals surface area contributed by atoms with E-state index in [2.05, 4.69) is 5.32 Å². The molecule has 0 aliphatic rings. The highest BCUT2D eigenvalue weighted by atomic mass is 32.2. The van der Waals surface area contributed by atoms with Gasteiger partial charge in [0.25, 0.3) is 0 Å². The molecule has 0 fully saturated rings. The van der Waals surface area contributed by atoms with Crippen LogP contribution in [-0.4, -0.2) is 49.3 Å². The minimum absolute atomic E-state index is 0.0364. The molecule has 2 rings (SSSR count). The Morgan fingerprint density at radius 2 is 1.68 bits per heavy atom. The van der Waals surface area contributed by atoms with Crippen LogP contribution < -0.4 is 14.8 Å². The number of ether oxygens (including phenoxy) is 2. The van der Waals surface area contributed by atoms with Crippen molar-refractivity contribution >= 4 is 29.3 Å². The monoisotopic (exact) mass is 402 g/mol. The van der Waals surface area contributed by atoms with Crippen molar-refractivity contribution in [2.75, 3.05) is 32.6 Å². The summed E-state index contributed by atoms with van der Waals surface area (Å²) < 4.78 is 10.8. The summed E-state index contributed by atoms with van der Waals surface area (Å²) in [6.07, 6.45) is 0. The average molecular weight is 403 g/mol. The van der Waals surface area contributed by atoms with E-state index < -0.39 is 0 Å². The summed E-state index contributed by atoms with van der Waals surface area (Å²) in [4.78, 5) is 26.3. The van der Waals surface area contributed by atoms with Gasteiger partial charge in [0.15, 0.2) is 0 Å². The highest BCUT2D eigenvalue weighted by molar-refractivity contribution is 8.00. The minimum Gasteiger partial charge on any atom is -0.497 e. The fraction of sp³-hybridized carbons (Fsp3) is 0.333. The molecule has 1 N–H and O–H groups in total. The van der Waals surface area contributed by atoms with Gasteiger partial charge >= 0.3 is 0 Å². The van der Waals surface area contributed by atoms with Crippen LogP contribution in [0.15, 0.2) is 53.4 Å². The Labute approximate surface area is 170 Å². The summed E-state index contributed by atoms with van der Waals surface area (Å²) >= 11 is 1.48. The molecule has 28 heavy (non-hydrogen) atoms. The van der Waals surface area contributed by atoms with Crippen molar-refractivity contribution < 1.29 is 19.1 Å². The number of methoxy groups -OCH3 is 1. The van der Waals surface area contributed by atoms with Crippen molar-refractivity contribution in [3.63, 3.8) is 0 Å². The standard InChI is InChI=1S/C21H26N2O4S/c1-15(28-20-11-5-17(6-12-20)22-16(2)24)21(25)23(3)13-14-27-19-9-7-18(26-4)8-10-19/h5-12,15H,13-14H2,1-4H3,(H,22,24). The highest BCUT2D eigenvalue weighted by Crippen LogP contribution is 2.25. The summed E-state index contributed by atoms with van der Waals surface area (Å²) in [5.41, 5.74) is 0.739. The summed E-state index contributed by atoms with van der Waals surface area (Å²) in [6, 6.07) is 14.8. The first-order chi connectivity index (χ1) is 13.4. The number of carbonyl (C=O) groups is 2. The van der Waals surface area contributed by atoms with E-state index >= 15 is 0 Å². The number of anilines is 1. The fourth-order valence-electron chi connectivity index (χ4n) is 2.47. The number of hydrogen-bond donors (Lipinski definition) is 1. The molecule has 0 radical (unpaired) electrons. The van der Waals surface area contributed by atoms with Crippen LogP contribution in [0.1, 0.15) is 13.8 Å². The third-order valence-electron chi connectivity index (χ3n) is 3.97. The van der Waals surface area contributed by atoms with E-state index in [1.165, 1.54) is 18.7 Å². The predicted octanol–water partition coefficient (Wildman–Crippen LogP) is 3.67. The van der Waals surface area contributed by atoms with Crippen LogP contribution in [0.3, 0.4) is 0 Å². The van der Waals surface area contributed by atoms with Crippen LogP contribution in [0.4, 0.5) is 5.69 Å². The lowest BCUT2D eigenvalue weighted by Gasteiger charge is -2.21. The number of rotatable bonds is 9. The molecule has 2 aromatic rings. The summed E-state index contributed by atoms with van der Waals surface area (Å²) in [5, 5.41) is 2.50. The van der Waals surface area contributed by atoms with E-state index in [4.69, 9.17) is 9.47 Å². The van der Waals surface area contributed by atoms with Gasteiger partial charge in [-0.3, -0.25) is 9.59 Å². The molecule has 7 heteroatoms. The lowest BCUT2D eigenvalue weighted by molar-refractivity contribution is -0.129. The molecule has 2 aromatic carbocycles. The maximum absolute atomic E-state index is 12.6. The van der Waals surface area contributed by atoms with Crippen molar-refractivity contribution in [3.05, 3.63) is 48.5 Å². The molecule has 0 saturated carbocycles. The number of carbonyl (C=O) groups excluding carboxylic acids is 2. The summed E-state index contributed by atoms with van der Waals surface area (Å²) in [7, 11) is 3.39. The zero-order valence-corrected chi connectivity index (χ0v) is 17.4. The zero-order chi connectivity index (χ0) is 20.5. The Hall–Kier alpha value is -2.67. The molecule has 0 spiro atoms. The Morgan fingerprint density at radius 3 is 2.25 bits per heavy atom. The largest absolute Gasteiger partial charge is 0.497 e. The third-order valence-corrected chi connectivity index (χ3v) is 5.07. The van der Waals surface area contributed by atoms with Gasteiger partial charge in [-0.1, -0.05) is 0 Å². The molecule has 0 saturated heterocycles. The topological polar surface area (TPSA) is 67.9 Å². The summed E-state index contributed by atoms with van der Waals surface area (Å²) in [5.74, 6) is 1.44. The van der Waals surface area contributed by atoms with E-state index in [0.29, 0.717) is 13.2 Å². The molecule has 0 heterocycles. The van der Waals surface area contributed by atoms with Crippen LogP contribution in [-0.2, 0) is 9.59 Å². The van der Waals surface area contributed by atoms with Crippen LogP contribution in [0.2, 0.25) is 0 Å². The van der Waals surface area contributed by atoms with Gasteiger partial charge in [0, 0.05) is 24.6 Å². The molecule has 0 aliphatic heterocycles. The molecule has 0 bridgehead atoms. The van der Waals surface area contributed by atoms with Gasteiger partial charge < -0.3 is 19.7 Å². The van der Waals surface area contributed by atoms with Crippen molar-refractivity contribution in [3.8, 4) is 11.5 Å². The average Bonchev–Trinajstić information content (AvgIpc) is 2.69. The SMILES string of the molecule is COc1ccc(OCCN(C)C(=O)C(C)Sc2ccc(NC(C)=O)cc2)cc1. The molecule has 6 nitrogen and oxygen atoms in total. The second-order valence-corrected chi connectivity index (χ2v) is 7.66. The molecule has 150 valence electrons. The summed E-state index contributed by atoms with van der Waals surface area (Å²) in [6.45, 7) is 4.27. The Morgan fingerprint density at radius 1 is 1.07 bits per heavy atom. The number of nitrogens with one attached hydrogen (secondary N) is 1. The van der Waals surface area contributed by atoms with Crippen molar-refractivity contribution in [2.45, 2.75) is 24.0 Å². The van der Waals surface area contributed by atoms with Crippen LogP contribution in [0, 0.1) is 0 Å². The minimum atomic E-state index is -0.224. The molecule has 1 unspecified atom stereocenters. The van der Waals surface area contributed by atoms with Gasteiger partial charge in [0.2, 0.25) is 11.8 Å². The number of nitrogens with zero attached hydrogens (tertiary/aromatic N) is 1. The number of benzene rings is 2. The zero-order valence-electron chi connectivity index (χ0n) is 16.6. The fourth-order valence-corrected chi connectivity index (χ4v) is 3.45. The first-order valence-electron chi connectivity index (χ1n) is 8.95. The van der Waals surface area contributed by atoms with Gasteiger partial charge in [-0.25, -0.2) is 0 Å². The number of likely N-dealkylation sites (N-methyl/N-ethyl adjacent to an activating group) is 1. The Balaban J connectivity index is 1.78. The third kappa shape index (κ3) is 6.81. The van der Waals surface area contributed by atoms with E-state index in [1.807, 2.05) is 55.5 Å². The Kier molecular flexibility index (Phi) is 8.19. The molecule has 0 aliphatic carbocycles. The number of hydrogen-bond acceptors (Lipinski definition) is 5. The first kappa shape index (κ1) is 21.6. The molecular weight excluding hydrogens is 376 g/mol. The lowest BCUT2D eigenvalue weighted by Crippen LogP contribution is -2.36. The maximum Gasteiger partial charge on any atom is 0.235 e. The van der Waals surface area contributed by atoms with Gasteiger partial charge in [0.05, 0.1) is 18.9 Å². The molecule has 0 aromatic heterocycles. The second-order valence-electron chi connectivity index (χ2n) is 6.25.